The second-order valence-corrected chi connectivity index (χ2v) is 7.15. The number of carbonyl (C=O) groups excluding carboxylic acids is 1. The first-order valence-electron chi connectivity index (χ1n) is 9.79. The Bertz CT molecular complexity index is 687. The molecule has 0 bridgehead atoms. The zero-order valence-corrected chi connectivity index (χ0v) is 15.8. The van der Waals surface area contributed by atoms with Crippen molar-refractivity contribution in [1.82, 2.24) is 20.0 Å². The van der Waals surface area contributed by atoms with Crippen molar-refractivity contribution in [2.24, 2.45) is 7.05 Å². The summed E-state index contributed by atoms with van der Waals surface area (Å²) in [7, 11) is 1.93. The molecule has 1 fully saturated rings. The van der Waals surface area contributed by atoms with Crippen LogP contribution in [-0.4, -0.2) is 46.8 Å². The van der Waals surface area contributed by atoms with Crippen LogP contribution in [0.1, 0.15) is 37.7 Å². The van der Waals surface area contributed by atoms with E-state index in [0.717, 1.165) is 29.9 Å². The number of hydrogen-bond donors (Lipinski definition) is 1. The monoisotopic (exact) mass is 354 g/mol. The standard InChI is InChI=1S/C21H30N4O/c1-24-17-19(21(23-24)18-9-5-4-6-10-18)11-12-20(26)22-13-16-25-14-7-2-3-8-15-25/h4-6,9-10,17H,2-3,7-8,11-16H2,1H3,(H,22,26). The molecule has 1 aliphatic rings. The molecule has 2 heterocycles. The molecule has 0 aliphatic carbocycles. The van der Waals surface area contributed by atoms with E-state index >= 15 is 0 Å². The van der Waals surface area contributed by atoms with Crippen molar-refractivity contribution in [3.8, 4) is 11.3 Å². The van der Waals surface area contributed by atoms with Gasteiger partial charge in [-0.15, -0.1) is 0 Å². The molecule has 140 valence electrons. The highest BCUT2D eigenvalue weighted by molar-refractivity contribution is 5.76. The summed E-state index contributed by atoms with van der Waals surface area (Å²) < 4.78 is 1.83. The Morgan fingerprint density at radius 3 is 2.58 bits per heavy atom. The van der Waals surface area contributed by atoms with Crippen LogP contribution in [0.25, 0.3) is 11.3 Å². The maximum Gasteiger partial charge on any atom is 0.220 e. The molecule has 2 aromatic rings. The van der Waals surface area contributed by atoms with Gasteiger partial charge in [0.1, 0.15) is 0 Å². The summed E-state index contributed by atoms with van der Waals surface area (Å²) in [6.07, 6.45) is 8.51. The molecule has 0 saturated carbocycles. The Morgan fingerprint density at radius 2 is 1.85 bits per heavy atom. The van der Waals surface area contributed by atoms with Gasteiger partial charge in [-0.2, -0.15) is 5.10 Å². The van der Waals surface area contributed by atoms with E-state index in [9.17, 15) is 4.79 Å². The van der Waals surface area contributed by atoms with Crippen molar-refractivity contribution in [1.29, 1.82) is 0 Å². The highest BCUT2D eigenvalue weighted by Crippen LogP contribution is 2.22. The summed E-state index contributed by atoms with van der Waals surface area (Å²) in [5.41, 5.74) is 3.21. The van der Waals surface area contributed by atoms with E-state index in [0.29, 0.717) is 12.8 Å². The van der Waals surface area contributed by atoms with Crippen LogP contribution in [-0.2, 0) is 18.3 Å². The van der Waals surface area contributed by atoms with Crippen LogP contribution < -0.4 is 5.32 Å². The normalized spacial score (nSPS) is 15.6. The lowest BCUT2D eigenvalue weighted by molar-refractivity contribution is -0.121. The van der Waals surface area contributed by atoms with Crippen LogP contribution in [0, 0.1) is 0 Å². The van der Waals surface area contributed by atoms with E-state index in [4.69, 9.17) is 0 Å². The molecule has 0 unspecified atom stereocenters. The van der Waals surface area contributed by atoms with Gasteiger partial charge in [-0.05, 0) is 37.9 Å². The largest absolute Gasteiger partial charge is 0.355 e. The second kappa shape index (κ2) is 9.53. The number of nitrogens with zero attached hydrogens (tertiary/aromatic N) is 3. The van der Waals surface area contributed by atoms with Crippen molar-refractivity contribution in [3.63, 3.8) is 0 Å². The molecule has 1 aromatic carbocycles. The topological polar surface area (TPSA) is 50.2 Å². The highest BCUT2D eigenvalue weighted by atomic mass is 16.1. The van der Waals surface area contributed by atoms with Crippen molar-refractivity contribution >= 4 is 5.91 Å². The van der Waals surface area contributed by atoms with E-state index in [1.165, 1.54) is 38.8 Å². The Labute approximate surface area is 156 Å². The Balaban J connectivity index is 1.46. The lowest BCUT2D eigenvalue weighted by Crippen LogP contribution is -2.35. The molecule has 26 heavy (non-hydrogen) atoms. The van der Waals surface area contributed by atoms with E-state index in [1.807, 2.05) is 36.1 Å². The summed E-state index contributed by atoms with van der Waals surface area (Å²) in [5, 5.41) is 7.65. The first-order valence-corrected chi connectivity index (χ1v) is 9.79. The summed E-state index contributed by atoms with van der Waals surface area (Å²) in [5.74, 6) is 0.127. The number of likely N-dealkylation sites (tertiary alicyclic amines) is 1. The summed E-state index contributed by atoms with van der Waals surface area (Å²) >= 11 is 0. The van der Waals surface area contributed by atoms with Crippen LogP contribution in [0.3, 0.4) is 0 Å². The lowest BCUT2D eigenvalue weighted by atomic mass is 10.0. The number of benzene rings is 1. The minimum absolute atomic E-state index is 0.127. The van der Waals surface area contributed by atoms with E-state index < -0.39 is 0 Å². The fourth-order valence-corrected chi connectivity index (χ4v) is 3.61. The minimum atomic E-state index is 0.127. The summed E-state index contributed by atoms with van der Waals surface area (Å²) in [6.45, 7) is 4.06. The molecule has 0 spiro atoms. The van der Waals surface area contributed by atoms with Gasteiger partial charge in [0.15, 0.2) is 0 Å². The van der Waals surface area contributed by atoms with Gasteiger partial charge in [0.05, 0.1) is 5.69 Å². The fraction of sp³-hybridized carbons (Fsp3) is 0.524. The Kier molecular flexibility index (Phi) is 6.83. The zero-order valence-electron chi connectivity index (χ0n) is 15.8. The number of carbonyl (C=O) groups is 1. The first-order chi connectivity index (χ1) is 12.7. The molecule has 3 rings (SSSR count). The predicted octanol–water partition coefficient (Wildman–Crippen LogP) is 3.01. The van der Waals surface area contributed by atoms with Gasteiger partial charge in [-0.3, -0.25) is 9.48 Å². The van der Waals surface area contributed by atoms with Crippen molar-refractivity contribution in [2.75, 3.05) is 26.2 Å². The SMILES string of the molecule is Cn1cc(CCC(=O)NCCN2CCCCCC2)c(-c2ccccc2)n1. The molecule has 0 radical (unpaired) electrons. The van der Waals surface area contributed by atoms with Gasteiger partial charge in [-0.1, -0.05) is 43.2 Å². The van der Waals surface area contributed by atoms with Crippen LogP contribution in [0.5, 0.6) is 0 Å². The van der Waals surface area contributed by atoms with Crippen molar-refractivity contribution < 1.29 is 4.79 Å². The third-order valence-corrected chi connectivity index (χ3v) is 5.02. The maximum atomic E-state index is 12.2. The number of aryl methyl sites for hydroxylation is 2. The van der Waals surface area contributed by atoms with Crippen LogP contribution >= 0.6 is 0 Å². The number of aromatic nitrogens is 2. The molecule has 1 N–H and O–H groups in total. The second-order valence-electron chi connectivity index (χ2n) is 7.15. The van der Waals surface area contributed by atoms with Crippen molar-refractivity contribution in [3.05, 3.63) is 42.1 Å². The molecule has 1 saturated heterocycles. The van der Waals surface area contributed by atoms with E-state index in [1.54, 1.807) is 0 Å². The highest BCUT2D eigenvalue weighted by Gasteiger charge is 2.12. The van der Waals surface area contributed by atoms with Gasteiger partial charge in [0.2, 0.25) is 5.91 Å². The molecule has 1 aliphatic heterocycles. The number of hydrogen-bond acceptors (Lipinski definition) is 3. The van der Waals surface area contributed by atoms with Crippen LogP contribution in [0.2, 0.25) is 0 Å². The number of nitrogens with one attached hydrogen (secondary N) is 1. The zero-order chi connectivity index (χ0) is 18.2. The van der Waals surface area contributed by atoms with Gasteiger partial charge >= 0.3 is 0 Å². The molecule has 1 aromatic heterocycles. The third kappa shape index (κ3) is 5.43. The summed E-state index contributed by atoms with van der Waals surface area (Å²) in [4.78, 5) is 14.7. The van der Waals surface area contributed by atoms with E-state index in [-0.39, 0.29) is 5.91 Å². The van der Waals surface area contributed by atoms with Gasteiger partial charge < -0.3 is 10.2 Å². The molecule has 0 atom stereocenters. The Morgan fingerprint density at radius 1 is 1.12 bits per heavy atom. The van der Waals surface area contributed by atoms with Crippen LogP contribution in [0.4, 0.5) is 0 Å². The lowest BCUT2D eigenvalue weighted by Gasteiger charge is -2.19. The smallest absolute Gasteiger partial charge is 0.220 e. The molecule has 5 nitrogen and oxygen atoms in total. The Hall–Kier alpha value is -2.14. The average Bonchev–Trinajstić information content (AvgIpc) is 2.85. The quantitative estimate of drug-likeness (QED) is 0.831. The summed E-state index contributed by atoms with van der Waals surface area (Å²) in [6, 6.07) is 10.2. The molecule has 1 amide bonds. The van der Waals surface area contributed by atoms with E-state index in [2.05, 4.69) is 27.4 Å². The number of rotatable bonds is 7. The number of amides is 1. The minimum Gasteiger partial charge on any atom is -0.355 e. The first kappa shape index (κ1) is 18.6. The average molecular weight is 354 g/mol. The third-order valence-electron chi connectivity index (χ3n) is 5.02. The molecule has 5 heteroatoms. The fourth-order valence-electron chi connectivity index (χ4n) is 3.61. The molecular weight excluding hydrogens is 324 g/mol. The predicted molar refractivity (Wildman–Crippen MR) is 105 cm³/mol. The van der Waals surface area contributed by atoms with Crippen LogP contribution in [0.15, 0.2) is 36.5 Å². The maximum absolute atomic E-state index is 12.2. The molecular formula is C21H30N4O. The van der Waals surface area contributed by atoms with Gasteiger partial charge in [-0.25, -0.2) is 0 Å². The van der Waals surface area contributed by atoms with Crippen molar-refractivity contribution in [2.45, 2.75) is 38.5 Å². The van der Waals surface area contributed by atoms with Gasteiger partial charge in [0, 0.05) is 38.3 Å². The van der Waals surface area contributed by atoms with Gasteiger partial charge in [0.25, 0.3) is 0 Å².